The molecule has 0 unspecified atom stereocenters. The highest BCUT2D eigenvalue weighted by Crippen LogP contribution is 2.39. The third kappa shape index (κ3) is 3.63. The Morgan fingerprint density at radius 2 is 1.24 bits per heavy atom. The largest absolute Gasteiger partial charge is 0.126 e. The Morgan fingerprint density at radius 1 is 0.714 bits per heavy atom. The molecule has 0 aliphatic heterocycles. The van der Waals surface area contributed by atoms with E-state index < -0.39 is 5.41 Å². The monoisotopic (exact) mass is 380 g/mol. The predicted octanol–water partition coefficient (Wildman–Crippen LogP) is 6.60. The number of alkyl halides is 2. The van der Waals surface area contributed by atoms with E-state index in [0.717, 1.165) is 11.1 Å². The fourth-order valence-electron chi connectivity index (χ4n) is 2.30. The van der Waals surface area contributed by atoms with E-state index in [-0.39, 0.29) is 0 Å². The summed E-state index contributed by atoms with van der Waals surface area (Å²) in [4.78, 5) is 0. The first-order valence-corrected chi connectivity index (χ1v) is 8.54. The van der Waals surface area contributed by atoms with Gasteiger partial charge in [0.1, 0.15) is 0 Å². The summed E-state index contributed by atoms with van der Waals surface area (Å²) in [6.45, 7) is 0. The van der Waals surface area contributed by atoms with Crippen molar-refractivity contribution >= 4 is 58.0 Å². The summed E-state index contributed by atoms with van der Waals surface area (Å²) in [6, 6.07) is 13.0. The second kappa shape index (κ2) is 7.44. The number of benzene rings is 2. The average Bonchev–Trinajstić information content (AvgIpc) is 2.49. The van der Waals surface area contributed by atoms with Crippen LogP contribution < -0.4 is 0 Å². The first-order valence-electron chi connectivity index (χ1n) is 6.34. The highest BCUT2D eigenvalue weighted by molar-refractivity contribution is 6.36. The lowest BCUT2D eigenvalue weighted by molar-refractivity contribution is 0.537. The molecule has 2 rings (SSSR count). The standard InChI is InChI=1S/C16H13Cl5/c17-9-16(10-18,12-4-1-2-5-15(12)21)8-11-13(19)6-3-7-14(11)20/h1-7H,8-10H2. The minimum absolute atomic E-state index is 0.321. The highest BCUT2D eigenvalue weighted by atomic mass is 35.5. The maximum atomic E-state index is 6.33. The molecule has 0 saturated heterocycles. The molecule has 0 nitrogen and oxygen atoms in total. The molecule has 5 heteroatoms. The van der Waals surface area contributed by atoms with E-state index in [4.69, 9.17) is 58.0 Å². The number of hydrogen-bond donors (Lipinski definition) is 0. The van der Waals surface area contributed by atoms with E-state index in [1.807, 2.05) is 42.5 Å². The van der Waals surface area contributed by atoms with Gasteiger partial charge in [-0.3, -0.25) is 0 Å². The topological polar surface area (TPSA) is 0 Å². The van der Waals surface area contributed by atoms with Gasteiger partial charge in [0.15, 0.2) is 0 Å². The number of hydrogen-bond acceptors (Lipinski definition) is 0. The molecule has 0 aromatic heterocycles. The molecule has 0 bridgehead atoms. The molecule has 0 spiro atoms. The van der Waals surface area contributed by atoms with Crippen LogP contribution in [0.3, 0.4) is 0 Å². The molecule has 0 saturated carbocycles. The molecule has 0 fully saturated rings. The average molecular weight is 383 g/mol. The van der Waals surface area contributed by atoms with Gasteiger partial charge in [0, 0.05) is 32.2 Å². The molecule has 0 aliphatic rings. The summed E-state index contributed by atoms with van der Waals surface area (Å²) >= 11 is 31.4. The minimum atomic E-state index is -0.518. The fourth-order valence-corrected chi connectivity index (χ4v) is 3.93. The Labute approximate surface area is 149 Å². The van der Waals surface area contributed by atoms with Crippen LogP contribution in [0.15, 0.2) is 42.5 Å². The highest BCUT2D eigenvalue weighted by Gasteiger charge is 2.34. The van der Waals surface area contributed by atoms with Gasteiger partial charge in [-0.25, -0.2) is 0 Å². The van der Waals surface area contributed by atoms with E-state index in [2.05, 4.69) is 0 Å². The van der Waals surface area contributed by atoms with Crippen molar-refractivity contribution in [2.45, 2.75) is 11.8 Å². The molecule has 0 heterocycles. The Kier molecular flexibility index (Phi) is 6.11. The first kappa shape index (κ1) is 17.2. The van der Waals surface area contributed by atoms with Crippen molar-refractivity contribution in [2.75, 3.05) is 11.8 Å². The van der Waals surface area contributed by atoms with Crippen LogP contribution in [0.1, 0.15) is 11.1 Å². The van der Waals surface area contributed by atoms with E-state index >= 15 is 0 Å². The Hall–Kier alpha value is -0.110. The third-order valence-corrected chi connectivity index (χ3v) is 5.59. The molecule has 21 heavy (non-hydrogen) atoms. The fraction of sp³-hybridized carbons (Fsp3) is 0.250. The lowest BCUT2D eigenvalue weighted by Gasteiger charge is -2.32. The molecule has 2 aromatic carbocycles. The van der Waals surface area contributed by atoms with Crippen molar-refractivity contribution in [3.05, 3.63) is 68.7 Å². The zero-order valence-electron chi connectivity index (χ0n) is 11.1. The van der Waals surface area contributed by atoms with Crippen molar-refractivity contribution in [2.24, 2.45) is 0 Å². The normalized spacial score (nSPS) is 11.7. The summed E-state index contributed by atoms with van der Waals surface area (Å²) in [5.74, 6) is 0.642. The van der Waals surface area contributed by atoms with Gasteiger partial charge in [-0.1, -0.05) is 59.1 Å². The van der Waals surface area contributed by atoms with Crippen LogP contribution in [0.2, 0.25) is 15.1 Å². The van der Waals surface area contributed by atoms with Gasteiger partial charge in [0.2, 0.25) is 0 Å². The quantitative estimate of drug-likeness (QED) is 0.511. The smallest absolute Gasteiger partial charge is 0.0453 e. The Bertz CT molecular complexity index is 600. The summed E-state index contributed by atoms with van der Waals surface area (Å²) in [5, 5.41) is 1.85. The van der Waals surface area contributed by atoms with Crippen LogP contribution >= 0.6 is 58.0 Å². The molecule has 0 aliphatic carbocycles. The van der Waals surface area contributed by atoms with E-state index in [1.165, 1.54) is 0 Å². The van der Waals surface area contributed by atoms with Gasteiger partial charge >= 0.3 is 0 Å². The molecular weight excluding hydrogens is 369 g/mol. The molecular formula is C16H13Cl5. The second-order valence-electron chi connectivity index (χ2n) is 4.90. The van der Waals surface area contributed by atoms with Gasteiger partial charge in [-0.15, -0.1) is 23.2 Å². The molecule has 112 valence electrons. The van der Waals surface area contributed by atoms with Crippen molar-refractivity contribution in [1.29, 1.82) is 0 Å². The van der Waals surface area contributed by atoms with Crippen LogP contribution in [-0.2, 0) is 11.8 Å². The van der Waals surface area contributed by atoms with Gasteiger partial charge in [0.05, 0.1) is 0 Å². The zero-order valence-corrected chi connectivity index (χ0v) is 14.8. The van der Waals surface area contributed by atoms with Crippen molar-refractivity contribution in [3.63, 3.8) is 0 Å². The zero-order chi connectivity index (χ0) is 15.5. The maximum Gasteiger partial charge on any atom is 0.0453 e. The number of rotatable bonds is 5. The number of halogens is 5. The van der Waals surface area contributed by atoms with Crippen LogP contribution in [0.25, 0.3) is 0 Å². The molecule has 0 N–H and O–H groups in total. The molecule has 2 aromatic rings. The first-order chi connectivity index (χ1) is 10.0. The lowest BCUT2D eigenvalue weighted by atomic mass is 9.78. The van der Waals surface area contributed by atoms with E-state index in [1.54, 1.807) is 0 Å². The van der Waals surface area contributed by atoms with Gasteiger partial charge in [-0.05, 0) is 35.7 Å². The Balaban J connectivity index is 2.51. The van der Waals surface area contributed by atoms with Gasteiger partial charge < -0.3 is 0 Å². The van der Waals surface area contributed by atoms with Crippen LogP contribution in [0.4, 0.5) is 0 Å². The van der Waals surface area contributed by atoms with Crippen LogP contribution in [0.5, 0.6) is 0 Å². The maximum absolute atomic E-state index is 6.33. The van der Waals surface area contributed by atoms with Gasteiger partial charge in [-0.2, -0.15) is 0 Å². The lowest BCUT2D eigenvalue weighted by Crippen LogP contribution is -2.34. The van der Waals surface area contributed by atoms with Crippen molar-refractivity contribution < 1.29 is 0 Å². The van der Waals surface area contributed by atoms with Crippen molar-refractivity contribution in [3.8, 4) is 0 Å². The summed E-state index contributed by atoms with van der Waals surface area (Å²) in [6.07, 6.45) is 0.530. The van der Waals surface area contributed by atoms with Gasteiger partial charge in [0.25, 0.3) is 0 Å². The van der Waals surface area contributed by atoms with Crippen LogP contribution in [-0.4, -0.2) is 11.8 Å². The Morgan fingerprint density at radius 3 is 1.76 bits per heavy atom. The molecule has 0 amide bonds. The van der Waals surface area contributed by atoms with Crippen molar-refractivity contribution in [1.82, 2.24) is 0 Å². The van der Waals surface area contributed by atoms with E-state index in [9.17, 15) is 0 Å². The minimum Gasteiger partial charge on any atom is -0.126 e. The SMILES string of the molecule is ClCC(CCl)(Cc1c(Cl)cccc1Cl)c1ccccc1Cl. The predicted molar refractivity (Wildman–Crippen MR) is 94.7 cm³/mol. The molecule has 0 atom stereocenters. The van der Waals surface area contributed by atoms with Crippen LogP contribution in [0, 0.1) is 0 Å². The van der Waals surface area contributed by atoms with E-state index in [0.29, 0.717) is 33.2 Å². The summed E-state index contributed by atoms with van der Waals surface area (Å²) < 4.78 is 0. The third-order valence-electron chi connectivity index (χ3n) is 3.53. The summed E-state index contributed by atoms with van der Waals surface area (Å²) in [7, 11) is 0. The molecule has 0 radical (unpaired) electrons. The second-order valence-corrected chi connectivity index (χ2v) is 6.66. The summed E-state index contributed by atoms with van der Waals surface area (Å²) in [5.41, 5.74) is 1.23.